The molecule has 2 aromatic carbocycles. The molecule has 0 aliphatic heterocycles. The number of carbonyl (C=O) groups excluding carboxylic acids is 1. The zero-order valence-electron chi connectivity index (χ0n) is 14.4. The molecule has 0 atom stereocenters. The fourth-order valence-corrected chi connectivity index (χ4v) is 2.58. The molecular formula is C20H19ClN4O. The van der Waals surface area contributed by atoms with E-state index in [0.29, 0.717) is 17.4 Å². The van der Waals surface area contributed by atoms with Crippen LogP contribution in [-0.4, -0.2) is 22.6 Å². The Morgan fingerprint density at radius 3 is 2.54 bits per heavy atom. The number of aryl methyl sites for hydroxylation is 1. The number of aromatic nitrogens is 2. The van der Waals surface area contributed by atoms with Gasteiger partial charge in [0.15, 0.2) is 11.5 Å². The maximum absolute atomic E-state index is 12.1. The highest BCUT2D eigenvalue weighted by atomic mass is 35.5. The Labute approximate surface area is 157 Å². The van der Waals surface area contributed by atoms with Crippen molar-refractivity contribution in [3.63, 3.8) is 0 Å². The lowest BCUT2D eigenvalue weighted by molar-refractivity contribution is 0.0948. The van der Waals surface area contributed by atoms with Gasteiger partial charge in [-0.05, 0) is 60.9 Å². The lowest BCUT2D eigenvalue weighted by atomic mass is 10.1. The summed E-state index contributed by atoms with van der Waals surface area (Å²) in [6, 6.07) is 18.9. The summed E-state index contributed by atoms with van der Waals surface area (Å²) in [5.41, 5.74) is 3.48. The quantitative estimate of drug-likeness (QED) is 0.687. The van der Waals surface area contributed by atoms with E-state index < -0.39 is 0 Å². The number of benzene rings is 2. The summed E-state index contributed by atoms with van der Waals surface area (Å²) in [6.07, 6.45) is 0.726. The zero-order valence-corrected chi connectivity index (χ0v) is 15.1. The van der Waals surface area contributed by atoms with Crippen molar-refractivity contribution < 1.29 is 4.79 Å². The van der Waals surface area contributed by atoms with Crippen LogP contribution in [0, 0.1) is 6.92 Å². The smallest absolute Gasteiger partial charge is 0.271 e. The van der Waals surface area contributed by atoms with Crippen molar-refractivity contribution in [1.82, 2.24) is 15.5 Å². The van der Waals surface area contributed by atoms with E-state index >= 15 is 0 Å². The van der Waals surface area contributed by atoms with Crippen molar-refractivity contribution in [2.24, 2.45) is 0 Å². The molecule has 132 valence electrons. The van der Waals surface area contributed by atoms with Gasteiger partial charge in [0, 0.05) is 17.3 Å². The monoisotopic (exact) mass is 366 g/mol. The molecule has 2 N–H and O–H groups in total. The minimum atomic E-state index is -0.242. The van der Waals surface area contributed by atoms with Gasteiger partial charge in [-0.2, -0.15) is 0 Å². The van der Waals surface area contributed by atoms with E-state index in [0.717, 1.165) is 23.2 Å². The minimum Gasteiger partial charge on any atom is -0.350 e. The maximum Gasteiger partial charge on any atom is 0.271 e. The SMILES string of the molecule is Cc1cccc(Nc2ccc(C(=O)NCCc3ccc(Cl)cc3)nn2)c1. The molecule has 0 aliphatic rings. The molecule has 0 saturated carbocycles. The Kier molecular flexibility index (Phi) is 5.81. The Balaban J connectivity index is 1.52. The van der Waals surface area contributed by atoms with E-state index in [-0.39, 0.29) is 11.6 Å². The number of nitrogens with zero attached hydrogens (tertiary/aromatic N) is 2. The molecular weight excluding hydrogens is 348 g/mol. The lowest BCUT2D eigenvalue weighted by Crippen LogP contribution is -2.26. The molecule has 1 heterocycles. The summed E-state index contributed by atoms with van der Waals surface area (Å²) in [4.78, 5) is 12.1. The number of hydrogen-bond acceptors (Lipinski definition) is 4. The summed E-state index contributed by atoms with van der Waals surface area (Å²) < 4.78 is 0. The van der Waals surface area contributed by atoms with E-state index in [1.807, 2.05) is 55.5 Å². The molecule has 1 aromatic heterocycles. The first-order valence-electron chi connectivity index (χ1n) is 8.30. The topological polar surface area (TPSA) is 66.9 Å². The largest absolute Gasteiger partial charge is 0.350 e. The molecule has 0 spiro atoms. The molecule has 0 bridgehead atoms. The summed E-state index contributed by atoms with van der Waals surface area (Å²) >= 11 is 5.86. The summed E-state index contributed by atoms with van der Waals surface area (Å²) in [5.74, 6) is 0.349. The van der Waals surface area contributed by atoms with Crippen molar-refractivity contribution in [2.45, 2.75) is 13.3 Å². The number of amides is 1. The van der Waals surface area contributed by atoms with E-state index in [1.165, 1.54) is 0 Å². The first kappa shape index (κ1) is 17.9. The molecule has 0 fully saturated rings. The van der Waals surface area contributed by atoms with Crippen molar-refractivity contribution >= 4 is 29.0 Å². The second-order valence-electron chi connectivity index (χ2n) is 5.93. The number of anilines is 2. The maximum atomic E-state index is 12.1. The van der Waals surface area contributed by atoms with Gasteiger partial charge < -0.3 is 10.6 Å². The molecule has 0 unspecified atom stereocenters. The van der Waals surface area contributed by atoms with E-state index in [4.69, 9.17) is 11.6 Å². The molecule has 0 saturated heterocycles. The van der Waals surface area contributed by atoms with Crippen LogP contribution in [0.2, 0.25) is 5.02 Å². The Morgan fingerprint density at radius 1 is 1.04 bits per heavy atom. The van der Waals surface area contributed by atoms with E-state index in [9.17, 15) is 4.79 Å². The number of nitrogens with one attached hydrogen (secondary N) is 2. The van der Waals surface area contributed by atoms with Gasteiger partial charge in [-0.15, -0.1) is 10.2 Å². The standard InChI is InChI=1S/C20H19ClN4O/c1-14-3-2-4-17(13-14)23-19-10-9-18(24-25-19)20(26)22-12-11-15-5-7-16(21)8-6-15/h2-10,13H,11-12H2,1H3,(H,22,26)(H,23,25). The zero-order chi connectivity index (χ0) is 18.4. The van der Waals surface area contributed by atoms with Crippen LogP contribution in [0.25, 0.3) is 0 Å². The normalized spacial score (nSPS) is 10.4. The van der Waals surface area contributed by atoms with Gasteiger partial charge in [0.25, 0.3) is 5.91 Å². The van der Waals surface area contributed by atoms with Crippen molar-refractivity contribution in [3.8, 4) is 0 Å². The molecule has 5 nitrogen and oxygen atoms in total. The fraction of sp³-hybridized carbons (Fsp3) is 0.150. The van der Waals surface area contributed by atoms with Gasteiger partial charge in [0.05, 0.1) is 0 Å². The second kappa shape index (κ2) is 8.45. The van der Waals surface area contributed by atoms with Crippen LogP contribution in [0.3, 0.4) is 0 Å². The third-order valence-corrected chi connectivity index (χ3v) is 4.05. The predicted molar refractivity (Wildman–Crippen MR) is 104 cm³/mol. The van der Waals surface area contributed by atoms with Gasteiger partial charge in [0.1, 0.15) is 0 Å². The summed E-state index contributed by atoms with van der Waals surface area (Å²) in [7, 11) is 0. The fourth-order valence-electron chi connectivity index (χ4n) is 2.45. The first-order chi connectivity index (χ1) is 12.6. The second-order valence-corrected chi connectivity index (χ2v) is 6.37. The van der Waals surface area contributed by atoms with Gasteiger partial charge in [0.2, 0.25) is 0 Å². The minimum absolute atomic E-state index is 0.242. The highest BCUT2D eigenvalue weighted by molar-refractivity contribution is 6.30. The van der Waals surface area contributed by atoms with Gasteiger partial charge >= 0.3 is 0 Å². The van der Waals surface area contributed by atoms with Crippen LogP contribution in [0.4, 0.5) is 11.5 Å². The Bertz CT molecular complexity index is 879. The number of halogens is 1. The predicted octanol–water partition coefficient (Wildman–Crippen LogP) is 4.15. The molecule has 6 heteroatoms. The molecule has 3 rings (SSSR count). The highest BCUT2D eigenvalue weighted by Gasteiger charge is 2.08. The van der Waals surface area contributed by atoms with Crippen LogP contribution in [-0.2, 0) is 6.42 Å². The molecule has 1 amide bonds. The number of rotatable bonds is 6. The van der Waals surface area contributed by atoms with Crippen molar-refractivity contribution in [1.29, 1.82) is 0 Å². The number of hydrogen-bond donors (Lipinski definition) is 2. The van der Waals surface area contributed by atoms with E-state index in [2.05, 4.69) is 20.8 Å². The van der Waals surface area contributed by atoms with Gasteiger partial charge in [-0.25, -0.2) is 0 Å². The van der Waals surface area contributed by atoms with Crippen LogP contribution in [0.1, 0.15) is 21.6 Å². The van der Waals surface area contributed by atoms with Crippen LogP contribution < -0.4 is 10.6 Å². The number of carbonyl (C=O) groups is 1. The third kappa shape index (κ3) is 5.04. The lowest BCUT2D eigenvalue weighted by Gasteiger charge is -2.07. The van der Waals surface area contributed by atoms with E-state index in [1.54, 1.807) is 12.1 Å². The average Bonchev–Trinajstić information content (AvgIpc) is 2.64. The average molecular weight is 367 g/mol. The summed E-state index contributed by atoms with van der Waals surface area (Å²) in [6.45, 7) is 2.54. The van der Waals surface area contributed by atoms with Crippen molar-refractivity contribution in [3.05, 3.63) is 82.5 Å². The highest BCUT2D eigenvalue weighted by Crippen LogP contribution is 2.15. The third-order valence-electron chi connectivity index (χ3n) is 3.80. The van der Waals surface area contributed by atoms with Crippen LogP contribution in [0.15, 0.2) is 60.7 Å². The molecule has 26 heavy (non-hydrogen) atoms. The molecule has 3 aromatic rings. The Hall–Kier alpha value is -2.92. The van der Waals surface area contributed by atoms with Crippen LogP contribution in [0.5, 0.6) is 0 Å². The van der Waals surface area contributed by atoms with Crippen LogP contribution >= 0.6 is 11.6 Å². The molecule has 0 radical (unpaired) electrons. The molecule has 0 aliphatic carbocycles. The van der Waals surface area contributed by atoms with Gasteiger partial charge in [-0.1, -0.05) is 35.9 Å². The van der Waals surface area contributed by atoms with Crippen molar-refractivity contribution in [2.75, 3.05) is 11.9 Å². The summed E-state index contributed by atoms with van der Waals surface area (Å²) in [5, 5.41) is 14.8. The Morgan fingerprint density at radius 2 is 1.85 bits per heavy atom. The first-order valence-corrected chi connectivity index (χ1v) is 8.68. The van der Waals surface area contributed by atoms with Gasteiger partial charge in [-0.3, -0.25) is 4.79 Å².